The number of hydrogen-bond donors (Lipinski definition) is 1. The zero-order valence-electron chi connectivity index (χ0n) is 16.7. The SMILES string of the molecule is Cc1cccc(Cl)c1NC(=S)N(CCCN1CCOCC1)Cc1cccc(Cl)c1. The molecule has 1 aliphatic heterocycles. The van der Waals surface area contributed by atoms with Crippen LogP contribution < -0.4 is 5.32 Å². The van der Waals surface area contributed by atoms with Crippen LogP contribution in [0, 0.1) is 6.92 Å². The van der Waals surface area contributed by atoms with E-state index < -0.39 is 0 Å². The maximum Gasteiger partial charge on any atom is 0.173 e. The molecular formula is C22H27Cl2N3OS. The third-order valence-electron chi connectivity index (χ3n) is 5.01. The van der Waals surface area contributed by atoms with Crippen molar-refractivity contribution in [2.75, 3.05) is 44.7 Å². The molecule has 3 rings (SSSR count). The molecule has 1 heterocycles. The van der Waals surface area contributed by atoms with Crippen LogP contribution in [0.15, 0.2) is 42.5 Å². The minimum Gasteiger partial charge on any atom is -0.379 e. The van der Waals surface area contributed by atoms with E-state index in [4.69, 9.17) is 40.2 Å². The van der Waals surface area contributed by atoms with Gasteiger partial charge in [-0.3, -0.25) is 4.90 Å². The van der Waals surface area contributed by atoms with Crippen LogP contribution in [0.1, 0.15) is 17.5 Å². The van der Waals surface area contributed by atoms with Gasteiger partial charge in [0.05, 0.1) is 23.9 Å². The molecule has 0 aromatic heterocycles. The van der Waals surface area contributed by atoms with E-state index in [1.807, 2.05) is 43.3 Å². The Morgan fingerprint density at radius 3 is 2.66 bits per heavy atom. The fourth-order valence-corrected chi connectivity index (χ4v) is 4.13. The van der Waals surface area contributed by atoms with Gasteiger partial charge in [0.2, 0.25) is 0 Å². The lowest BCUT2D eigenvalue weighted by molar-refractivity contribution is 0.0368. The van der Waals surface area contributed by atoms with Gasteiger partial charge in [0.15, 0.2) is 5.11 Å². The first-order valence-electron chi connectivity index (χ1n) is 9.88. The number of thiocarbonyl (C=S) groups is 1. The minimum atomic E-state index is 0.670. The molecule has 2 aromatic carbocycles. The van der Waals surface area contributed by atoms with Gasteiger partial charge in [0.1, 0.15) is 0 Å². The molecule has 0 radical (unpaired) electrons. The number of nitrogens with one attached hydrogen (secondary N) is 1. The van der Waals surface area contributed by atoms with Crippen molar-refractivity contribution < 1.29 is 4.74 Å². The predicted molar refractivity (Wildman–Crippen MR) is 126 cm³/mol. The molecule has 0 spiro atoms. The number of hydrogen-bond acceptors (Lipinski definition) is 3. The van der Waals surface area contributed by atoms with E-state index in [1.165, 1.54) is 0 Å². The van der Waals surface area contributed by atoms with Crippen molar-refractivity contribution in [3.63, 3.8) is 0 Å². The summed E-state index contributed by atoms with van der Waals surface area (Å²) in [5, 5.41) is 5.43. The number of anilines is 1. The molecule has 2 aromatic rings. The second-order valence-corrected chi connectivity index (χ2v) is 8.45. The van der Waals surface area contributed by atoms with Crippen LogP contribution in [0.2, 0.25) is 10.0 Å². The second-order valence-electron chi connectivity index (χ2n) is 7.22. The van der Waals surface area contributed by atoms with Crippen LogP contribution in [0.3, 0.4) is 0 Å². The fraction of sp³-hybridized carbons (Fsp3) is 0.409. The van der Waals surface area contributed by atoms with E-state index in [2.05, 4.69) is 21.2 Å². The van der Waals surface area contributed by atoms with Crippen molar-refractivity contribution in [3.05, 3.63) is 63.6 Å². The second kappa shape index (κ2) is 11.1. The Morgan fingerprint density at radius 2 is 1.93 bits per heavy atom. The smallest absolute Gasteiger partial charge is 0.173 e. The number of aryl methyl sites for hydroxylation is 1. The quantitative estimate of drug-likeness (QED) is 0.582. The van der Waals surface area contributed by atoms with Gasteiger partial charge >= 0.3 is 0 Å². The zero-order valence-corrected chi connectivity index (χ0v) is 19.0. The van der Waals surface area contributed by atoms with E-state index in [0.29, 0.717) is 16.7 Å². The highest BCUT2D eigenvalue weighted by Gasteiger charge is 2.15. The van der Waals surface area contributed by atoms with Crippen LogP contribution in [-0.2, 0) is 11.3 Å². The largest absolute Gasteiger partial charge is 0.379 e. The highest BCUT2D eigenvalue weighted by Crippen LogP contribution is 2.26. The van der Waals surface area contributed by atoms with Crippen LogP contribution in [0.4, 0.5) is 5.69 Å². The maximum absolute atomic E-state index is 6.39. The molecule has 0 atom stereocenters. The molecule has 156 valence electrons. The summed E-state index contributed by atoms with van der Waals surface area (Å²) in [5.41, 5.74) is 3.06. The van der Waals surface area contributed by atoms with Crippen molar-refractivity contribution in [1.82, 2.24) is 9.80 Å². The van der Waals surface area contributed by atoms with Gasteiger partial charge in [-0.15, -0.1) is 0 Å². The van der Waals surface area contributed by atoms with E-state index >= 15 is 0 Å². The molecule has 1 N–H and O–H groups in total. The van der Waals surface area contributed by atoms with E-state index in [0.717, 1.165) is 67.7 Å². The first-order chi connectivity index (χ1) is 14.0. The number of halogens is 2. The summed E-state index contributed by atoms with van der Waals surface area (Å²) in [4.78, 5) is 4.62. The summed E-state index contributed by atoms with van der Waals surface area (Å²) in [7, 11) is 0. The Morgan fingerprint density at radius 1 is 1.17 bits per heavy atom. The average molecular weight is 452 g/mol. The number of para-hydroxylation sites is 1. The van der Waals surface area contributed by atoms with Crippen LogP contribution in [0.5, 0.6) is 0 Å². The van der Waals surface area contributed by atoms with E-state index in [-0.39, 0.29) is 0 Å². The predicted octanol–water partition coefficient (Wildman–Crippen LogP) is 5.22. The van der Waals surface area contributed by atoms with Crippen molar-refractivity contribution in [2.45, 2.75) is 19.9 Å². The van der Waals surface area contributed by atoms with Gasteiger partial charge in [-0.1, -0.05) is 47.5 Å². The normalized spacial score (nSPS) is 14.6. The Balaban J connectivity index is 1.67. The molecule has 0 amide bonds. The Kier molecular flexibility index (Phi) is 8.57. The zero-order chi connectivity index (χ0) is 20.6. The highest BCUT2D eigenvalue weighted by atomic mass is 35.5. The number of ether oxygens (including phenoxy) is 1. The third kappa shape index (κ3) is 6.83. The van der Waals surface area contributed by atoms with E-state index in [1.54, 1.807) is 0 Å². The Labute approximate surface area is 188 Å². The first-order valence-corrected chi connectivity index (χ1v) is 11.0. The first kappa shape index (κ1) is 22.3. The minimum absolute atomic E-state index is 0.670. The van der Waals surface area contributed by atoms with E-state index in [9.17, 15) is 0 Å². The van der Waals surface area contributed by atoms with Crippen molar-refractivity contribution in [2.24, 2.45) is 0 Å². The van der Waals surface area contributed by atoms with Gasteiger partial charge < -0.3 is 15.0 Å². The van der Waals surface area contributed by atoms with Gasteiger partial charge in [0, 0.05) is 37.7 Å². The maximum atomic E-state index is 6.39. The Bertz CT molecular complexity index is 807. The molecule has 1 fully saturated rings. The summed E-state index contributed by atoms with van der Waals surface area (Å²) in [5.74, 6) is 0. The van der Waals surface area contributed by atoms with Crippen molar-refractivity contribution in [3.8, 4) is 0 Å². The number of rotatable bonds is 7. The summed E-state index contributed by atoms with van der Waals surface area (Å²) in [6.07, 6.45) is 1.02. The molecule has 0 unspecified atom stereocenters. The standard InChI is InChI=1S/C22H27Cl2N3OS/c1-17-5-2-8-20(24)21(17)25-22(29)27(16-18-6-3-7-19(23)15-18)10-4-9-26-11-13-28-14-12-26/h2-3,5-8,15H,4,9-14,16H2,1H3,(H,25,29). The summed E-state index contributed by atoms with van der Waals surface area (Å²) in [6.45, 7) is 8.22. The van der Waals surface area contributed by atoms with Crippen LogP contribution in [-0.4, -0.2) is 54.3 Å². The molecule has 0 aliphatic carbocycles. The molecular weight excluding hydrogens is 425 g/mol. The molecule has 7 heteroatoms. The average Bonchev–Trinajstić information content (AvgIpc) is 2.71. The molecule has 4 nitrogen and oxygen atoms in total. The highest BCUT2D eigenvalue weighted by molar-refractivity contribution is 7.80. The van der Waals surface area contributed by atoms with Gasteiger partial charge in [-0.2, -0.15) is 0 Å². The molecule has 1 aliphatic rings. The van der Waals surface area contributed by atoms with Crippen molar-refractivity contribution in [1.29, 1.82) is 0 Å². The number of nitrogens with zero attached hydrogens (tertiary/aromatic N) is 2. The summed E-state index contributed by atoms with van der Waals surface area (Å²) in [6, 6.07) is 13.8. The topological polar surface area (TPSA) is 27.7 Å². The summed E-state index contributed by atoms with van der Waals surface area (Å²) < 4.78 is 5.44. The lowest BCUT2D eigenvalue weighted by Crippen LogP contribution is -2.40. The lowest BCUT2D eigenvalue weighted by Gasteiger charge is -2.30. The third-order valence-corrected chi connectivity index (χ3v) is 5.92. The Hall–Kier alpha value is -1.37. The van der Waals surface area contributed by atoms with Crippen LogP contribution >= 0.6 is 35.4 Å². The van der Waals surface area contributed by atoms with Gasteiger partial charge in [-0.25, -0.2) is 0 Å². The molecule has 1 saturated heterocycles. The lowest BCUT2D eigenvalue weighted by atomic mass is 10.2. The fourth-order valence-electron chi connectivity index (χ4n) is 3.39. The molecule has 0 bridgehead atoms. The number of benzene rings is 2. The molecule has 29 heavy (non-hydrogen) atoms. The van der Waals surface area contributed by atoms with Crippen LogP contribution in [0.25, 0.3) is 0 Å². The number of morpholine rings is 1. The summed E-state index contributed by atoms with van der Waals surface area (Å²) >= 11 is 18.3. The van der Waals surface area contributed by atoms with Crippen molar-refractivity contribution >= 4 is 46.2 Å². The monoisotopic (exact) mass is 451 g/mol. The van der Waals surface area contributed by atoms with Gasteiger partial charge in [0.25, 0.3) is 0 Å². The molecule has 0 saturated carbocycles. The van der Waals surface area contributed by atoms with Gasteiger partial charge in [-0.05, 0) is 54.9 Å².